The number of phenols is 1. The molecule has 0 saturated carbocycles. The Morgan fingerprint density at radius 2 is 1.93 bits per heavy atom. The molecule has 78 valence electrons. The molecule has 0 radical (unpaired) electrons. The van der Waals surface area contributed by atoms with Gasteiger partial charge in [-0.2, -0.15) is 0 Å². The fourth-order valence-electron chi connectivity index (χ4n) is 1.28. The van der Waals surface area contributed by atoms with Crippen molar-refractivity contribution in [3.05, 3.63) is 23.3 Å². The van der Waals surface area contributed by atoms with Crippen molar-refractivity contribution >= 4 is 0 Å². The highest BCUT2D eigenvalue weighted by Crippen LogP contribution is 2.32. The van der Waals surface area contributed by atoms with Gasteiger partial charge in [-0.3, -0.25) is 0 Å². The quantitative estimate of drug-likeness (QED) is 0.668. The summed E-state index contributed by atoms with van der Waals surface area (Å²) in [6.45, 7) is 1.73. The van der Waals surface area contributed by atoms with Gasteiger partial charge in [0, 0.05) is 5.56 Å². The molecule has 1 aromatic carbocycles. The summed E-state index contributed by atoms with van der Waals surface area (Å²) in [5, 5.41) is 27.5. The van der Waals surface area contributed by atoms with Crippen LogP contribution in [0.2, 0.25) is 0 Å². The first-order valence-electron chi connectivity index (χ1n) is 4.42. The molecule has 14 heavy (non-hydrogen) atoms. The lowest BCUT2D eigenvalue weighted by Crippen LogP contribution is -2.01. The Labute approximate surface area is 82.4 Å². The summed E-state index contributed by atoms with van der Waals surface area (Å²) in [7, 11) is 0. The molecular formula is C10H14O4. The maximum atomic E-state index is 9.46. The van der Waals surface area contributed by atoms with Gasteiger partial charge in [0.25, 0.3) is 0 Å². The zero-order valence-corrected chi connectivity index (χ0v) is 8.03. The fraction of sp³-hybridized carbons (Fsp3) is 0.400. The average molecular weight is 198 g/mol. The van der Waals surface area contributed by atoms with Gasteiger partial charge in [0.05, 0.1) is 19.8 Å². The molecule has 0 heterocycles. The molecule has 4 heteroatoms. The second kappa shape index (κ2) is 4.83. The number of hydrogen-bond donors (Lipinski definition) is 3. The van der Waals surface area contributed by atoms with Gasteiger partial charge in [-0.15, -0.1) is 0 Å². The number of phenolic OH excluding ortho intramolecular Hbond substituents is 1. The molecule has 0 saturated heterocycles. The number of benzene rings is 1. The van der Waals surface area contributed by atoms with Crippen LogP contribution in [0, 0.1) is 0 Å². The molecular weight excluding hydrogens is 184 g/mol. The van der Waals surface area contributed by atoms with Crippen LogP contribution < -0.4 is 4.74 Å². The Hall–Kier alpha value is -1.26. The van der Waals surface area contributed by atoms with Gasteiger partial charge in [0.1, 0.15) is 0 Å². The molecule has 0 aliphatic heterocycles. The molecule has 0 aliphatic rings. The van der Waals surface area contributed by atoms with Crippen LogP contribution in [-0.2, 0) is 13.2 Å². The SMILES string of the molecule is CCOc1c(O)ccc(CO)c1CO. The van der Waals surface area contributed by atoms with Crippen LogP contribution >= 0.6 is 0 Å². The van der Waals surface area contributed by atoms with Gasteiger partial charge >= 0.3 is 0 Å². The van der Waals surface area contributed by atoms with Crippen molar-refractivity contribution in [2.75, 3.05) is 6.61 Å². The van der Waals surface area contributed by atoms with E-state index in [2.05, 4.69) is 0 Å². The van der Waals surface area contributed by atoms with Crippen LogP contribution in [0.3, 0.4) is 0 Å². The number of ether oxygens (including phenoxy) is 1. The third-order valence-corrected chi connectivity index (χ3v) is 1.95. The summed E-state index contributed by atoms with van der Waals surface area (Å²) in [4.78, 5) is 0. The summed E-state index contributed by atoms with van der Waals surface area (Å²) in [5.41, 5.74) is 1.00. The molecule has 0 fully saturated rings. The van der Waals surface area contributed by atoms with Crippen molar-refractivity contribution in [1.29, 1.82) is 0 Å². The molecule has 0 bridgehead atoms. The minimum Gasteiger partial charge on any atom is -0.504 e. The molecule has 0 aliphatic carbocycles. The van der Waals surface area contributed by atoms with E-state index in [9.17, 15) is 5.11 Å². The summed E-state index contributed by atoms with van der Waals surface area (Å²) < 4.78 is 5.18. The molecule has 4 nitrogen and oxygen atoms in total. The van der Waals surface area contributed by atoms with Crippen LogP contribution in [0.4, 0.5) is 0 Å². The summed E-state index contributed by atoms with van der Waals surface area (Å²) in [6, 6.07) is 3.00. The maximum Gasteiger partial charge on any atom is 0.166 e. The number of aliphatic hydroxyl groups is 2. The number of aliphatic hydroxyl groups excluding tert-OH is 2. The first-order valence-corrected chi connectivity index (χ1v) is 4.42. The Kier molecular flexibility index (Phi) is 3.73. The highest BCUT2D eigenvalue weighted by atomic mass is 16.5. The third kappa shape index (κ3) is 1.97. The zero-order chi connectivity index (χ0) is 10.6. The number of rotatable bonds is 4. The van der Waals surface area contributed by atoms with E-state index in [1.54, 1.807) is 13.0 Å². The largest absolute Gasteiger partial charge is 0.504 e. The van der Waals surface area contributed by atoms with Crippen molar-refractivity contribution in [1.82, 2.24) is 0 Å². The molecule has 0 atom stereocenters. The molecule has 0 amide bonds. The van der Waals surface area contributed by atoms with E-state index in [1.165, 1.54) is 6.07 Å². The maximum absolute atomic E-state index is 9.46. The zero-order valence-electron chi connectivity index (χ0n) is 8.03. The van der Waals surface area contributed by atoms with E-state index >= 15 is 0 Å². The highest BCUT2D eigenvalue weighted by Gasteiger charge is 2.12. The standard InChI is InChI=1S/C10H14O4/c1-2-14-10-8(6-12)7(5-11)3-4-9(10)13/h3-4,11-13H,2,5-6H2,1H3. The van der Waals surface area contributed by atoms with Crippen LogP contribution in [0.5, 0.6) is 11.5 Å². The Morgan fingerprint density at radius 3 is 2.43 bits per heavy atom. The Bertz CT molecular complexity index is 309. The van der Waals surface area contributed by atoms with E-state index in [0.29, 0.717) is 17.7 Å². The van der Waals surface area contributed by atoms with Crippen LogP contribution in [0.1, 0.15) is 18.1 Å². The second-order valence-corrected chi connectivity index (χ2v) is 2.80. The van der Waals surface area contributed by atoms with Crippen LogP contribution in [0.15, 0.2) is 12.1 Å². The van der Waals surface area contributed by atoms with Crippen LogP contribution in [-0.4, -0.2) is 21.9 Å². The second-order valence-electron chi connectivity index (χ2n) is 2.80. The van der Waals surface area contributed by atoms with Gasteiger partial charge in [-0.05, 0) is 18.6 Å². The smallest absolute Gasteiger partial charge is 0.166 e. The van der Waals surface area contributed by atoms with E-state index in [-0.39, 0.29) is 24.7 Å². The fourth-order valence-corrected chi connectivity index (χ4v) is 1.28. The number of aromatic hydroxyl groups is 1. The average Bonchev–Trinajstić information content (AvgIpc) is 2.21. The first kappa shape index (κ1) is 10.8. The molecule has 0 unspecified atom stereocenters. The molecule has 1 aromatic rings. The van der Waals surface area contributed by atoms with Gasteiger partial charge in [-0.1, -0.05) is 6.07 Å². The molecule has 0 aromatic heterocycles. The predicted molar refractivity (Wildman–Crippen MR) is 51.1 cm³/mol. The predicted octanol–water partition coefficient (Wildman–Crippen LogP) is 0.775. The van der Waals surface area contributed by atoms with E-state index < -0.39 is 0 Å². The van der Waals surface area contributed by atoms with Crippen molar-refractivity contribution in [3.63, 3.8) is 0 Å². The lowest BCUT2D eigenvalue weighted by molar-refractivity contribution is 0.245. The van der Waals surface area contributed by atoms with Crippen molar-refractivity contribution in [3.8, 4) is 11.5 Å². The van der Waals surface area contributed by atoms with Crippen molar-refractivity contribution in [2.24, 2.45) is 0 Å². The van der Waals surface area contributed by atoms with Crippen molar-refractivity contribution in [2.45, 2.75) is 20.1 Å². The first-order chi connectivity index (χ1) is 6.74. The van der Waals surface area contributed by atoms with Crippen molar-refractivity contribution < 1.29 is 20.1 Å². The van der Waals surface area contributed by atoms with E-state index in [1.807, 2.05) is 0 Å². The lowest BCUT2D eigenvalue weighted by atomic mass is 10.1. The van der Waals surface area contributed by atoms with Crippen LogP contribution in [0.25, 0.3) is 0 Å². The van der Waals surface area contributed by atoms with Gasteiger partial charge in [-0.25, -0.2) is 0 Å². The summed E-state index contributed by atoms with van der Waals surface area (Å²) in [6.07, 6.45) is 0. The normalized spacial score (nSPS) is 10.2. The van der Waals surface area contributed by atoms with Gasteiger partial charge < -0.3 is 20.1 Å². The lowest BCUT2D eigenvalue weighted by Gasteiger charge is -2.13. The summed E-state index contributed by atoms with van der Waals surface area (Å²) in [5.74, 6) is 0.231. The molecule has 3 N–H and O–H groups in total. The van der Waals surface area contributed by atoms with Gasteiger partial charge in [0.15, 0.2) is 11.5 Å². The monoisotopic (exact) mass is 198 g/mol. The molecule has 1 rings (SSSR count). The minimum absolute atomic E-state index is 0.0203. The number of hydrogen-bond acceptors (Lipinski definition) is 4. The van der Waals surface area contributed by atoms with Gasteiger partial charge in [0.2, 0.25) is 0 Å². The third-order valence-electron chi connectivity index (χ3n) is 1.95. The minimum atomic E-state index is -0.264. The highest BCUT2D eigenvalue weighted by molar-refractivity contribution is 5.49. The summed E-state index contributed by atoms with van der Waals surface area (Å²) >= 11 is 0. The molecule has 0 spiro atoms. The Morgan fingerprint density at radius 1 is 1.21 bits per heavy atom. The Balaban J connectivity index is 3.20. The van der Waals surface area contributed by atoms with E-state index in [0.717, 1.165) is 0 Å². The topological polar surface area (TPSA) is 69.9 Å². The van der Waals surface area contributed by atoms with E-state index in [4.69, 9.17) is 14.9 Å².